The molecule has 0 bridgehead atoms. The monoisotopic (exact) mass is 384 g/mol. The molecular weight excluding hydrogens is 369 g/mol. The second-order valence-corrected chi connectivity index (χ2v) is 5.97. The number of amides is 1. The van der Waals surface area contributed by atoms with E-state index in [1.54, 1.807) is 4.90 Å². The van der Waals surface area contributed by atoms with E-state index in [-0.39, 0.29) is 43.5 Å². The van der Waals surface area contributed by atoms with Crippen LogP contribution in [0.3, 0.4) is 0 Å². The van der Waals surface area contributed by atoms with Crippen molar-refractivity contribution in [1.82, 2.24) is 24.8 Å². The van der Waals surface area contributed by atoms with Gasteiger partial charge in [-0.25, -0.2) is 14.8 Å². The molecule has 1 saturated heterocycles. The van der Waals surface area contributed by atoms with E-state index in [4.69, 9.17) is 0 Å². The Kier molecular flexibility index (Phi) is 4.72. The van der Waals surface area contributed by atoms with Crippen LogP contribution < -0.4 is 16.1 Å². The van der Waals surface area contributed by atoms with Crippen LogP contribution in [0.2, 0.25) is 0 Å². The molecule has 0 aliphatic carbocycles. The smallest absolute Gasteiger partial charge is 0.337 e. The highest BCUT2D eigenvalue weighted by molar-refractivity contribution is 5.92. The lowest BCUT2D eigenvalue weighted by atomic mass is 10.2. The molecule has 2 N–H and O–H groups in total. The summed E-state index contributed by atoms with van der Waals surface area (Å²) < 4.78 is 38.8. The van der Waals surface area contributed by atoms with Gasteiger partial charge in [0.25, 0.3) is 11.5 Å². The van der Waals surface area contributed by atoms with Crippen LogP contribution in [0, 0.1) is 6.92 Å². The maximum atomic E-state index is 12.9. The maximum Gasteiger partial charge on any atom is 0.433 e. The first-order chi connectivity index (χ1) is 12.6. The van der Waals surface area contributed by atoms with E-state index >= 15 is 0 Å². The summed E-state index contributed by atoms with van der Waals surface area (Å²) in [5, 5.41) is 0. The van der Waals surface area contributed by atoms with Gasteiger partial charge in [0, 0.05) is 37.9 Å². The van der Waals surface area contributed by atoms with Gasteiger partial charge in [0.05, 0.1) is 0 Å². The molecule has 144 valence electrons. The quantitative estimate of drug-likeness (QED) is 0.761. The van der Waals surface area contributed by atoms with E-state index in [9.17, 15) is 27.6 Å². The Labute approximate surface area is 149 Å². The Bertz CT molecular complexity index is 947. The number of nitrogens with one attached hydrogen (secondary N) is 2. The van der Waals surface area contributed by atoms with Crippen LogP contribution in [0.15, 0.2) is 21.7 Å². The van der Waals surface area contributed by atoms with Crippen molar-refractivity contribution >= 4 is 11.9 Å². The van der Waals surface area contributed by atoms with Crippen molar-refractivity contribution in [2.75, 3.05) is 31.1 Å². The maximum absolute atomic E-state index is 12.9. The Morgan fingerprint density at radius 1 is 1.07 bits per heavy atom. The van der Waals surface area contributed by atoms with Crippen molar-refractivity contribution in [3.8, 4) is 0 Å². The van der Waals surface area contributed by atoms with E-state index < -0.39 is 29.0 Å². The number of piperazine rings is 1. The highest BCUT2D eigenvalue weighted by Crippen LogP contribution is 2.29. The Morgan fingerprint density at radius 3 is 2.33 bits per heavy atom. The normalized spacial score (nSPS) is 15.1. The van der Waals surface area contributed by atoms with Gasteiger partial charge >= 0.3 is 11.9 Å². The van der Waals surface area contributed by atoms with Crippen molar-refractivity contribution in [2.24, 2.45) is 0 Å². The molecule has 27 heavy (non-hydrogen) atoms. The van der Waals surface area contributed by atoms with Crippen LogP contribution >= 0.6 is 0 Å². The SMILES string of the molecule is Cc1cc(C(F)(F)F)nc(N2CCN(C(=O)c3cc(=O)[nH]c(=O)[nH]3)CC2)n1. The summed E-state index contributed by atoms with van der Waals surface area (Å²) in [5.74, 6) is -0.599. The third-order valence-corrected chi connectivity index (χ3v) is 3.97. The molecule has 1 aliphatic heterocycles. The molecule has 1 amide bonds. The van der Waals surface area contributed by atoms with E-state index in [1.165, 1.54) is 11.8 Å². The summed E-state index contributed by atoms with van der Waals surface area (Å²) in [6.45, 7) is 2.21. The van der Waals surface area contributed by atoms with Gasteiger partial charge in [-0.15, -0.1) is 0 Å². The van der Waals surface area contributed by atoms with Crippen LogP contribution in [-0.4, -0.2) is 56.9 Å². The van der Waals surface area contributed by atoms with Crippen molar-refractivity contribution in [1.29, 1.82) is 0 Å². The summed E-state index contributed by atoms with van der Waals surface area (Å²) in [7, 11) is 0. The molecule has 9 nitrogen and oxygen atoms in total. The molecule has 0 spiro atoms. The van der Waals surface area contributed by atoms with Gasteiger partial charge in [0.15, 0.2) is 0 Å². The number of carbonyl (C=O) groups is 1. The minimum absolute atomic E-state index is 0.0565. The number of rotatable bonds is 2. The summed E-state index contributed by atoms with van der Waals surface area (Å²) in [6, 6.07) is 1.85. The Morgan fingerprint density at radius 2 is 1.74 bits per heavy atom. The van der Waals surface area contributed by atoms with Crippen LogP contribution in [0.1, 0.15) is 21.9 Å². The fourth-order valence-electron chi connectivity index (χ4n) is 2.70. The zero-order valence-corrected chi connectivity index (χ0v) is 14.1. The molecule has 2 aromatic rings. The molecule has 1 fully saturated rings. The highest BCUT2D eigenvalue weighted by atomic mass is 19.4. The number of hydrogen-bond acceptors (Lipinski definition) is 6. The Balaban J connectivity index is 1.74. The third-order valence-electron chi connectivity index (χ3n) is 3.97. The molecule has 0 atom stereocenters. The molecule has 0 radical (unpaired) electrons. The average molecular weight is 384 g/mol. The topological polar surface area (TPSA) is 115 Å². The van der Waals surface area contributed by atoms with Crippen molar-refractivity contribution in [3.63, 3.8) is 0 Å². The average Bonchev–Trinajstić information content (AvgIpc) is 2.59. The van der Waals surface area contributed by atoms with Crippen molar-refractivity contribution < 1.29 is 18.0 Å². The first-order valence-electron chi connectivity index (χ1n) is 7.94. The predicted octanol–water partition coefficient (Wildman–Crippen LogP) is 0.143. The van der Waals surface area contributed by atoms with Gasteiger partial charge in [-0.3, -0.25) is 14.6 Å². The first kappa shape index (κ1) is 18.6. The van der Waals surface area contributed by atoms with Gasteiger partial charge < -0.3 is 14.8 Å². The summed E-state index contributed by atoms with van der Waals surface area (Å²) >= 11 is 0. The highest BCUT2D eigenvalue weighted by Gasteiger charge is 2.34. The van der Waals surface area contributed by atoms with E-state index in [0.717, 1.165) is 12.1 Å². The molecule has 0 saturated carbocycles. The van der Waals surface area contributed by atoms with Crippen LogP contribution in [-0.2, 0) is 6.18 Å². The fraction of sp³-hybridized carbons (Fsp3) is 0.400. The fourth-order valence-corrected chi connectivity index (χ4v) is 2.70. The van der Waals surface area contributed by atoms with E-state index in [2.05, 4.69) is 15.0 Å². The van der Waals surface area contributed by atoms with Gasteiger partial charge in [-0.05, 0) is 13.0 Å². The molecule has 3 heterocycles. The number of aryl methyl sites for hydroxylation is 1. The number of carbonyl (C=O) groups excluding carboxylic acids is 1. The summed E-state index contributed by atoms with van der Waals surface area (Å²) in [5.41, 5.74) is -2.48. The van der Waals surface area contributed by atoms with Crippen LogP contribution in [0.5, 0.6) is 0 Å². The van der Waals surface area contributed by atoms with Crippen LogP contribution in [0.4, 0.5) is 19.1 Å². The lowest BCUT2D eigenvalue weighted by Gasteiger charge is -2.34. The number of nitrogens with zero attached hydrogens (tertiary/aromatic N) is 4. The summed E-state index contributed by atoms with van der Waals surface area (Å²) in [6.07, 6.45) is -4.58. The first-order valence-corrected chi connectivity index (χ1v) is 7.94. The number of halogens is 3. The van der Waals surface area contributed by atoms with E-state index in [0.29, 0.717) is 0 Å². The van der Waals surface area contributed by atoms with Crippen molar-refractivity contribution in [2.45, 2.75) is 13.1 Å². The molecule has 12 heteroatoms. The molecular formula is C15H15F3N6O3. The standard InChI is InChI=1S/C15H15F3N6O3/c1-8-6-10(15(16,17)18)21-13(19-8)24-4-2-23(3-5-24)12(26)9-7-11(25)22-14(27)20-9/h6-7H,2-5H2,1H3,(H2,20,22,25,27). The third kappa shape index (κ3) is 4.15. The predicted molar refractivity (Wildman–Crippen MR) is 87.6 cm³/mol. The number of H-pyrrole nitrogens is 2. The molecule has 1 aliphatic rings. The zero-order valence-electron chi connectivity index (χ0n) is 14.1. The summed E-state index contributed by atoms with van der Waals surface area (Å²) in [4.78, 5) is 49.8. The number of hydrogen-bond donors (Lipinski definition) is 2. The minimum atomic E-state index is -4.58. The molecule has 2 aromatic heterocycles. The number of aromatic amines is 2. The lowest BCUT2D eigenvalue weighted by molar-refractivity contribution is -0.141. The number of aromatic nitrogens is 4. The van der Waals surface area contributed by atoms with E-state index in [1.807, 2.05) is 4.98 Å². The van der Waals surface area contributed by atoms with Gasteiger partial charge in [-0.1, -0.05) is 0 Å². The lowest BCUT2D eigenvalue weighted by Crippen LogP contribution is -2.50. The van der Waals surface area contributed by atoms with Gasteiger partial charge in [0.2, 0.25) is 5.95 Å². The second kappa shape index (κ2) is 6.85. The molecule has 0 unspecified atom stereocenters. The molecule has 3 rings (SSSR count). The van der Waals surface area contributed by atoms with Crippen LogP contribution in [0.25, 0.3) is 0 Å². The van der Waals surface area contributed by atoms with Crippen molar-refractivity contribution in [3.05, 3.63) is 50.1 Å². The largest absolute Gasteiger partial charge is 0.433 e. The molecule has 0 aromatic carbocycles. The minimum Gasteiger partial charge on any atom is -0.337 e. The number of alkyl halides is 3. The Hall–Kier alpha value is -3.18. The van der Waals surface area contributed by atoms with Gasteiger partial charge in [0.1, 0.15) is 11.4 Å². The number of anilines is 1. The zero-order chi connectivity index (χ0) is 19.8. The van der Waals surface area contributed by atoms with Gasteiger partial charge in [-0.2, -0.15) is 13.2 Å². The second-order valence-electron chi connectivity index (χ2n) is 5.97.